The van der Waals surface area contributed by atoms with E-state index in [-0.39, 0.29) is 5.91 Å². The number of nitrogens with zero attached hydrogens (tertiary/aromatic N) is 4. The molecule has 1 fully saturated rings. The molecule has 130 valence electrons. The molecule has 7 nitrogen and oxygen atoms in total. The molecule has 26 heavy (non-hydrogen) atoms. The average Bonchev–Trinajstić information content (AvgIpc) is 3.37. The molecular weight excluding hydrogens is 330 g/mol. The van der Waals surface area contributed by atoms with Crippen molar-refractivity contribution in [1.29, 1.82) is 0 Å². The van der Waals surface area contributed by atoms with Crippen molar-refractivity contribution in [2.75, 3.05) is 5.32 Å². The SMILES string of the molecule is Cc1noc2nc(C3CC3)cc(C(=O)Nc3nc4ccccc4n3C)c12. The number of anilines is 1. The molecule has 1 aliphatic carbocycles. The maximum atomic E-state index is 13.0. The summed E-state index contributed by atoms with van der Waals surface area (Å²) < 4.78 is 7.19. The van der Waals surface area contributed by atoms with Crippen LogP contribution in [0.4, 0.5) is 5.95 Å². The quantitative estimate of drug-likeness (QED) is 0.612. The third-order valence-corrected chi connectivity index (χ3v) is 4.89. The Bertz CT molecular complexity index is 1170. The van der Waals surface area contributed by atoms with E-state index >= 15 is 0 Å². The minimum absolute atomic E-state index is 0.232. The van der Waals surface area contributed by atoms with Gasteiger partial charge in [-0.15, -0.1) is 0 Å². The molecule has 5 rings (SSSR count). The Morgan fingerprint density at radius 3 is 2.85 bits per heavy atom. The fraction of sp³-hybridized carbons (Fsp3) is 0.263. The zero-order valence-corrected chi connectivity index (χ0v) is 14.5. The van der Waals surface area contributed by atoms with Crippen LogP contribution in [-0.4, -0.2) is 25.6 Å². The molecule has 4 aromatic rings. The number of nitrogens with one attached hydrogen (secondary N) is 1. The number of hydrogen-bond acceptors (Lipinski definition) is 5. The highest BCUT2D eigenvalue weighted by atomic mass is 16.5. The summed E-state index contributed by atoms with van der Waals surface area (Å²) in [5, 5.41) is 7.57. The number of pyridine rings is 1. The number of hydrogen-bond donors (Lipinski definition) is 1. The molecule has 0 radical (unpaired) electrons. The molecular formula is C19H17N5O2. The van der Waals surface area contributed by atoms with E-state index in [1.807, 2.05) is 48.9 Å². The van der Waals surface area contributed by atoms with E-state index in [9.17, 15) is 4.79 Å². The first-order valence-corrected chi connectivity index (χ1v) is 8.61. The number of para-hydroxylation sites is 2. The first-order valence-electron chi connectivity index (χ1n) is 8.61. The van der Waals surface area contributed by atoms with Gasteiger partial charge in [-0.1, -0.05) is 17.3 Å². The molecule has 0 unspecified atom stereocenters. The van der Waals surface area contributed by atoms with Crippen LogP contribution in [0.2, 0.25) is 0 Å². The Morgan fingerprint density at radius 2 is 2.08 bits per heavy atom. The Morgan fingerprint density at radius 1 is 1.27 bits per heavy atom. The van der Waals surface area contributed by atoms with Crippen molar-refractivity contribution in [3.05, 3.63) is 47.3 Å². The topological polar surface area (TPSA) is 85.8 Å². The van der Waals surface area contributed by atoms with Crippen molar-refractivity contribution in [2.45, 2.75) is 25.7 Å². The number of carbonyl (C=O) groups is 1. The highest BCUT2D eigenvalue weighted by molar-refractivity contribution is 6.12. The number of aromatic nitrogens is 4. The van der Waals surface area contributed by atoms with Crippen molar-refractivity contribution in [3.63, 3.8) is 0 Å². The maximum absolute atomic E-state index is 13.0. The van der Waals surface area contributed by atoms with Gasteiger partial charge in [-0.25, -0.2) is 9.97 Å². The lowest BCUT2D eigenvalue weighted by molar-refractivity contribution is 0.102. The molecule has 0 spiro atoms. The fourth-order valence-electron chi connectivity index (χ4n) is 3.31. The molecule has 7 heteroatoms. The van der Waals surface area contributed by atoms with E-state index in [1.165, 1.54) is 0 Å². The van der Waals surface area contributed by atoms with Crippen LogP contribution >= 0.6 is 0 Å². The highest BCUT2D eigenvalue weighted by Crippen LogP contribution is 2.40. The van der Waals surface area contributed by atoms with Gasteiger partial charge < -0.3 is 9.09 Å². The molecule has 1 aromatic carbocycles. The highest BCUT2D eigenvalue weighted by Gasteiger charge is 2.29. The first kappa shape index (κ1) is 15.1. The van der Waals surface area contributed by atoms with E-state index in [1.54, 1.807) is 0 Å². The summed E-state index contributed by atoms with van der Waals surface area (Å²) in [5.41, 5.74) is 4.30. The van der Waals surface area contributed by atoms with Crippen LogP contribution in [-0.2, 0) is 7.05 Å². The van der Waals surface area contributed by atoms with E-state index in [4.69, 9.17) is 4.52 Å². The summed E-state index contributed by atoms with van der Waals surface area (Å²) in [6, 6.07) is 9.63. The monoisotopic (exact) mass is 347 g/mol. The maximum Gasteiger partial charge on any atom is 0.259 e. The van der Waals surface area contributed by atoms with Gasteiger partial charge in [0.05, 0.1) is 27.7 Å². The summed E-state index contributed by atoms with van der Waals surface area (Å²) in [4.78, 5) is 22.1. The zero-order valence-electron chi connectivity index (χ0n) is 14.5. The number of imidazole rings is 1. The number of aryl methyl sites for hydroxylation is 2. The normalized spacial score (nSPS) is 14.2. The van der Waals surface area contributed by atoms with Crippen LogP contribution in [0.3, 0.4) is 0 Å². The van der Waals surface area contributed by atoms with Crippen LogP contribution in [0.1, 0.15) is 40.5 Å². The molecule has 0 aliphatic heterocycles. The fourth-order valence-corrected chi connectivity index (χ4v) is 3.31. The minimum atomic E-state index is -0.232. The molecule has 1 saturated carbocycles. The third kappa shape index (κ3) is 2.28. The Labute approximate surface area is 149 Å². The van der Waals surface area contributed by atoms with Crippen molar-refractivity contribution in [1.82, 2.24) is 19.7 Å². The molecule has 0 bridgehead atoms. The molecule has 0 saturated heterocycles. The van der Waals surface area contributed by atoms with Gasteiger partial charge >= 0.3 is 0 Å². The van der Waals surface area contributed by atoms with Crippen molar-refractivity contribution < 1.29 is 9.32 Å². The summed E-state index contributed by atoms with van der Waals surface area (Å²) in [6.07, 6.45) is 2.19. The lowest BCUT2D eigenvalue weighted by Crippen LogP contribution is -2.16. The Balaban J connectivity index is 1.59. The Hall–Kier alpha value is -3.22. The third-order valence-electron chi connectivity index (χ3n) is 4.89. The van der Waals surface area contributed by atoms with Gasteiger partial charge in [0.15, 0.2) is 0 Å². The van der Waals surface area contributed by atoms with Crippen LogP contribution in [0.15, 0.2) is 34.9 Å². The van der Waals surface area contributed by atoms with Gasteiger partial charge in [0.25, 0.3) is 11.6 Å². The summed E-state index contributed by atoms with van der Waals surface area (Å²) >= 11 is 0. The smallest absolute Gasteiger partial charge is 0.259 e. The number of fused-ring (bicyclic) bond motifs is 2. The summed E-state index contributed by atoms with van der Waals surface area (Å²) in [7, 11) is 1.88. The Kier molecular flexibility index (Phi) is 3.12. The predicted octanol–water partition coefficient (Wildman–Crippen LogP) is 3.55. The van der Waals surface area contributed by atoms with Crippen molar-refractivity contribution in [2.24, 2.45) is 7.05 Å². The van der Waals surface area contributed by atoms with Gasteiger partial charge in [-0.3, -0.25) is 10.1 Å². The standard InChI is InChI=1S/C19H17N5O2/c1-10-16-12(9-14(11-7-8-11)20-18(16)26-23-10)17(25)22-19-21-13-5-3-4-6-15(13)24(19)2/h3-6,9,11H,7-8H2,1-2H3,(H,21,22,25). The van der Waals surface area contributed by atoms with Gasteiger partial charge in [-0.2, -0.15) is 0 Å². The van der Waals surface area contributed by atoms with E-state index in [0.717, 1.165) is 29.6 Å². The van der Waals surface area contributed by atoms with Crippen molar-refractivity contribution >= 4 is 34.0 Å². The molecule has 1 aliphatic rings. The van der Waals surface area contributed by atoms with Gasteiger partial charge in [0.1, 0.15) is 0 Å². The van der Waals surface area contributed by atoms with Crippen LogP contribution in [0.5, 0.6) is 0 Å². The van der Waals surface area contributed by atoms with E-state index in [2.05, 4.69) is 20.4 Å². The largest absolute Gasteiger partial charge is 0.336 e. The number of benzene rings is 1. The van der Waals surface area contributed by atoms with Crippen LogP contribution in [0.25, 0.3) is 22.1 Å². The molecule has 1 amide bonds. The summed E-state index contributed by atoms with van der Waals surface area (Å²) in [5.74, 6) is 0.680. The zero-order chi connectivity index (χ0) is 17.8. The lowest BCUT2D eigenvalue weighted by atomic mass is 10.1. The van der Waals surface area contributed by atoms with Gasteiger partial charge in [0, 0.05) is 18.7 Å². The van der Waals surface area contributed by atoms with E-state index < -0.39 is 0 Å². The second-order valence-electron chi connectivity index (χ2n) is 6.75. The van der Waals surface area contributed by atoms with Crippen LogP contribution in [0, 0.1) is 6.92 Å². The molecule has 3 heterocycles. The lowest BCUT2D eigenvalue weighted by Gasteiger charge is -2.08. The second kappa shape index (κ2) is 5.39. The minimum Gasteiger partial charge on any atom is -0.336 e. The number of rotatable bonds is 3. The average molecular weight is 347 g/mol. The summed E-state index contributed by atoms with van der Waals surface area (Å²) in [6.45, 7) is 1.82. The predicted molar refractivity (Wildman–Crippen MR) is 97.2 cm³/mol. The van der Waals surface area contributed by atoms with Crippen molar-refractivity contribution in [3.8, 4) is 0 Å². The number of carbonyl (C=O) groups excluding carboxylic acids is 1. The molecule has 1 N–H and O–H groups in total. The van der Waals surface area contributed by atoms with Crippen LogP contribution < -0.4 is 5.32 Å². The number of amides is 1. The van der Waals surface area contributed by atoms with E-state index in [0.29, 0.717) is 34.2 Å². The second-order valence-corrected chi connectivity index (χ2v) is 6.75. The van der Waals surface area contributed by atoms with Gasteiger partial charge in [0.2, 0.25) is 5.95 Å². The first-order chi connectivity index (χ1) is 12.6. The van der Waals surface area contributed by atoms with Gasteiger partial charge in [-0.05, 0) is 38.0 Å². The molecule has 0 atom stereocenters. The molecule has 3 aromatic heterocycles.